The molecule has 0 aliphatic rings. The van der Waals surface area contributed by atoms with E-state index in [-0.39, 0.29) is 16.8 Å². The van der Waals surface area contributed by atoms with Crippen molar-refractivity contribution in [3.05, 3.63) is 41.5 Å². The van der Waals surface area contributed by atoms with Gasteiger partial charge in [0, 0.05) is 5.69 Å². The first-order valence-electron chi connectivity index (χ1n) is 6.16. The first-order chi connectivity index (χ1) is 10.1. The molecule has 0 aliphatic carbocycles. The Bertz CT molecular complexity index is 672. The Morgan fingerprint density at radius 3 is 2.36 bits per heavy atom. The normalized spacial score (nSPS) is 12.2. The third-order valence-electron chi connectivity index (χ3n) is 2.87. The van der Waals surface area contributed by atoms with Gasteiger partial charge in [-0.2, -0.15) is 18.4 Å². The largest absolute Gasteiger partial charge is 0.416 e. The minimum Gasteiger partial charge on any atom is -0.325 e. The molecule has 0 radical (unpaired) electrons. The number of Topliss-reactive ketones (excluding diaryl/α,β-unsaturated/α-hetero) is 1. The zero-order valence-corrected chi connectivity index (χ0v) is 11.9. The van der Waals surface area contributed by atoms with Crippen LogP contribution in [0.15, 0.2) is 30.4 Å². The van der Waals surface area contributed by atoms with Gasteiger partial charge in [0.25, 0.3) is 0 Å². The molecule has 0 saturated heterocycles. The topological polar surface area (TPSA) is 70.0 Å². The maximum absolute atomic E-state index is 12.6. The van der Waals surface area contributed by atoms with Gasteiger partial charge in [0.1, 0.15) is 0 Å². The summed E-state index contributed by atoms with van der Waals surface area (Å²) in [5, 5.41) is 11.1. The van der Waals surface area contributed by atoms with Crippen LogP contribution in [0.4, 0.5) is 18.9 Å². The van der Waals surface area contributed by atoms with Crippen molar-refractivity contribution in [3.8, 4) is 6.07 Å². The highest BCUT2D eigenvalue weighted by Crippen LogP contribution is 2.32. The summed E-state index contributed by atoms with van der Waals surface area (Å²) in [6, 6.07) is 4.57. The predicted octanol–water partition coefficient (Wildman–Crippen LogP) is 3.24. The van der Waals surface area contributed by atoms with E-state index < -0.39 is 29.3 Å². The van der Waals surface area contributed by atoms with Crippen LogP contribution < -0.4 is 5.32 Å². The number of nitrogens with zero attached hydrogens (tertiary/aromatic N) is 1. The van der Waals surface area contributed by atoms with Crippen molar-refractivity contribution in [1.29, 1.82) is 5.26 Å². The molecule has 0 heterocycles. The first kappa shape index (κ1) is 17.4. The van der Waals surface area contributed by atoms with Crippen molar-refractivity contribution >= 4 is 17.4 Å². The monoisotopic (exact) mass is 310 g/mol. The van der Waals surface area contributed by atoms with Crippen LogP contribution in [0.1, 0.15) is 18.1 Å². The van der Waals surface area contributed by atoms with Crippen LogP contribution in [-0.2, 0) is 15.8 Å². The van der Waals surface area contributed by atoms with Gasteiger partial charge < -0.3 is 5.32 Å². The van der Waals surface area contributed by atoms with Crippen molar-refractivity contribution in [2.45, 2.75) is 20.0 Å². The number of aryl methyl sites for hydroxylation is 1. The van der Waals surface area contributed by atoms with Crippen molar-refractivity contribution in [2.75, 3.05) is 5.32 Å². The Kier molecular flexibility index (Phi) is 5.10. The Hall–Kier alpha value is -2.62. The number of amides is 1. The Balaban J connectivity index is 2.99. The predicted molar refractivity (Wildman–Crippen MR) is 73.7 cm³/mol. The molecule has 0 spiro atoms. The van der Waals surface area contributed by atoms with Crippen LogP contribution in [0.5, 0.6) is 0 Å². The lowest BCUT2D eigenvalue weighted by Gasteiger charge is -2.13. The molecule has 1 rings (SSSR count). The van der Waals surface area contributed by atoms with E-state index in [1.165, 1.54) is 13.8 Å². The summed E-state index contributed by atoms with van der Waals surface area (Å²) < 4.78 is 37.9. The van der Waals surface area contributed by atoms with E-state index in [2.05, 4.69) is 11.9 Å². The van der Waals surface area contributed by atoms with Crippen LogP contribution >= 0.6 is 0 Å². The second-order valence-electron chi connectivity index (χ2n) is 4.72. The minimum atomic E-state index is -4.49. The molecule has 0 aliphatic heterocycles. The summed E-state index contributed by atoms with van der Waals surface area (Å²) in [5.74, 6) is -3.22. The highest BCUT2D eigenvalue weighted by Gasteiger charge is 2.32. The first-order valence-corrected chi connectivity index (χ1v) is 6.16. The van der Waals surface area contributed by atoms with E-state index in [1.807, 2.05) is 0 Å². The number of halogens is 3. The molecular weight excluding hydrogens is 297 g/mol. The number of anilines is 1. The number of hydrogen-bond acceptors (Lipinski definition) is 3. The fraction of sp³-hybridized carbons (Fsp3) is 0.267. The molecule has 1 aromatic rings. The zero-order chi connectivity index (χ0) is 17.1. The second kappa shape index (κ2) is 6.43. The van der Waals surface area contributed by atoms with E-state index in [4.69, 9.17) is 5.26 Å². The molecule has 0 bridgehead atoms. The Morgan fingerprint density at radius 1 is 1.36 bits per heavy atom. The van der Waals surface area contributed by atoms with Crippen LogP contribution in [-0.4, -0.2) is 11.7 Å². The standard InChI is InChI=1S/C15H13F3N2O2/c1-8(2)13(21)11(7-19)14(22)20-10-4-5-12(9(3)6-10)15(16,17)18/h4-6,11H,1H2,2-3H3,(H,20,22). The molecule has 0 aromatic heterocycles. The lowest BCUT2D eigenvalue weighted by atomic mass is 9.99. The molecule has 0 fully saturated rings. The van der Waals surface area contributed by atoms with Gasteiger partial charge in [-0.15, -0.1) is 0 Å². The third kappa shape index (κ3) is 3.95. The van der Waals surface area contributed by atoms with Crippen molar-refractivity contribution in [2.24, 2.45) is 5.92 Å². The van der Waals surface area contributed by atoms with Gasteiger partial charge in [-0.1, -0.05) is 6.58 Å². The van der Waals surface area contributed by atoms with Gasteiger partial charge >= 0.3 is 6.18 Å². The molecule has 116 valence electrons. The molecule has 0 saturated carbocycles. The number of nitriles is 1. The molecule has 7 heteroatoms. The maximum Gasteiger partial charge on any atom is 0.416 e. The Morgan fingerprint density at radius 2 is 1.95 bits per heavy atom. The van der Waals surface area contributed by atoms with Crippen LogP contribution in [0.3, 0.4) is 0 Å². The van der Waals surface area contributed by atoms with E-state index >= 15 is 0 Å². The molecule has 1 aromatic carbocycles. The molecule has 22 heavy (non-hydrogen) atoms. The number of rotatable bonds is 4. The number of nitrogens with one attached hydrogen (secondary N) is 1. The van der Waals surface area contributed by atoms with Gasteiger partial charge in [0.15, 0.2) is 11.7 Å². The average Bonchev–Trinajstić information content (AvgIpc) is 2.37. The van der Waals surface area contributed by atoms with Crippen LogP contribution in [0.25, 0.3) is 0 Å². The Labute approximate surface area is 125 Å². The number of allylic oxidation sites excluding steroid dienone is 1. The van der Waals surface area contributed by atoms with Crippen molar-refractivity contribution in [1.82, 2.24) is 0 Å². The number of carbonyl (C=O) groups is 2. The molecule has 1 N–H and O–H groups in total. The second-order valence-corrected chi connectivity index (χ2v) is 4.72. The summed E-state index contributed by atoms with van der Waals surface area (Å²) in [4.78, 5) is 23.5. The summed E-state index contributed by atoms with van der Waals surface area (Å²) in [6.07, 6.45) is -4.49. The molecule has 4 nitrogen and oxygen atoms in total. The highest BCUT2D eigenvalue weighted by atomic mass is 19.4. The number of ketones is 1. The van der Waals surface area contributed by atoms with Gasteiger partial charge in [-0.25, -0.2) is 0 Å². The van der Waals surface area contributed by atoms with Crippen molar-refractivity contribution in [3.63, 3.8) is 0 Å². The van der Waals surface area contributed by atoms with Gasteiger partial charge in [0.05, 0.1) is 11.6 Å². The molecule has 1 amide bonds. The SMILES string of the molecule is C=C(C)C(=O)C(C#N)C(=O)Nc1ccc(C(F)(F)F)c(C)c1. The summed E-state index contributed by atoms with van der Waals surface area (Å²) in [6.45, 7) is 5.97. The number of carbonyl (C=O) groups excluding carboxylic acids is 2. The maximum atomic E-state index is 12.6. The zero-order valence-electron chi connectivity index (χ0n) is 11.9. The quantitative estimate of drug-likeness (QED) is 0.685. The van der Waals surface area contributed by atoms with E-state index in [0.29, 0.717) is 0 Å². The van der Waals surface area contributed by atoms with E-state index in [1.54, 1.807) is 6.07 Å². The number of benzene rings is 1. The number of hydrogen-bond donors (Lipinski definition) is 1. The van der Waals surface area contributed by atoms with Gasteiger partial charge in [-0.05, 0) is 43.2 Å². The lowest BCUT2D eigenvalue weighted by Crippen LogP contribution is -2.29. The van der Waals surface area contributed by atoms with E-state index in [9.17, 15) is 22.8 Å². The lowest BCUT2D eigenvalue weighted by molar-refractivity contribution is -0.138. The fourth-order valence-electron chi connectivity index (χ4n) is 1.76. The average molecular weight is 310 g/mol. The third-order valence-corrected chi connectivity index (χ3v) is 2.87. The highest BCUT2D eigenvalue weighted by molar-refractivity contribution is 6.14. The van der Waals surface area contributed by atoms with Gasteiger partial charge in [-0.3, -0.25) is 9.59 Å². The number of alkyl halides is 3. The van der Waals surface area contributed by atoms with E-state index in [0.717, 1.165) is 18.2 Å². The summed E-state index contributed by atoms with van der Waals surface area (Å²) >= 11 is 0. The fourth-order valence-corrected chi connectivity index (χ4v) is 1.76. The van der Waals surface area contributed by atoms with Crippen LogP contribution in [0, 0.1) is 24.2 Å². The van der Waals surface area contributed by atoms with Gasteiger partial charge in [0.2, 0.25) is 5.91 Å². The smallest absolute Gasteiger partial charge is 0.325 e. The molecular formula is C15H13F3N2O2. The minimum absolute atomic E-state index is 0.0466. The summed E-state index contributed by atoms with van der Waals surface area (Å²) in [7, 11) is 0. The van der Waals surface area contributed by atoms with Crippen LogP contribution in [0.2, 0.25) is 0 Å². The molecule has 1 atom stereocenters. The summed E-state index contributed by atoms with van der Waals surface area (Å²) in [5.41, 5.74) is -0.777. The van der Waals surface area contributed by atoms with Crippen molar-refractivity contribution < 1.29 is 22.8 Å². The molecule has 1 unspecified atom stereocenters.